The topological polar surface area (TPSA) is 136 Å². The summed E-state index contributed by atoms with van der Waals surface area (Å²) in [5.41, 5.74) is -0.00279. The molecule has 1 amide bonds. The molecule has 1 aromatic carbocycles. The maximum absolute atomic E-state index is 12.7. The van der Waals surface area contributed by atoms with Gasteiger partial charge in [-0.25, -0.2) is 9.78 Å². The van der Waals surface area contributed by atoms with Crippen molar-refractivity contribution in [2.24, 2.45) is 0 Å². The number of nitrogens with zero attached hydrogens (tertiary/aromatic N) is 5. The number of hydrogen-bond acceptors (Lipinski definition) is 10. The molecule has 4 rings (SSSR count). The second-order valence-electron chi connectivity index (χ2n) is 7.36. The van der Waals surface area contributed by atoms with Gasteiger partial charge in [-0.15, -0.1) is 13.2 Å². The van der Waals surface area contributed by atoms with E-state index in [2.05, 4.69) is 30.2 Å². The molecule has 1 aliphatic heterocycles. The van der Waals surface area contributed by atoms with E-state index in [9.17, 15) is 23.1 Å². The van der Waals surface area contributed by atoms with Gasteiger partial charge in [-0.1, -0.05) is 17.3 Å². The molecule has 11 nitrogen and oxygen atoms in total. The average Bonchev–Trinajstić information content (AvgIpc) is 3.40. The molecule has 1 saturated heterocycles. The number of amides is 1. The molecule has 3 aromatic rings. The number of rotatable bonds is 7. The maximum Gasteiger partial charge on any atom is 0.573 e. The van der Waals surface area contributed by atoms with Crippen LogP contribution in [0.1, 0.15) is 25.8 Å². The fourth-order valence-corrected chi connectivity index (χ4v) is 3.25. The summed E-state index contributed by atoms with van der Waals surface area (Å²) in [6.07, 6.45) is -4.97. The van der Waals surface area contributed by atoms with Gasteiger partial charge in [-0.05, 0) is 32.0 Å². The third-order valence-corrected chi connectivity index (χ3v) is 4.86. The number of halogens is 3. The summed E-state index contributed by atoms with van der Waals surface area (Å²) in [6.45, 7) is 3.20. The second kappa shape index (κ2) is 9.13. The monoisotopic (exact) mass is 480 g/mol. The quantitative estimate of drug-likeness (QED) is 0.518. The third-order valence-electron chi connectivity index (χ3n) is 4.86. The number of alkyl halides is 3. The fourth-order valence-electron chi connectivity index (χ4n) is 3.25. The van der Waals surface area contributed by atoms with Crippen LogP contribution in [0, 0.1) is 0 Å². The first-order chi connectivity index (χ1) is 16.1. The van der Waals surface area contributed by atoms with E-state index in [-0.39, 0.29) is 35.7 Å². The Morgan fingerprint density at radius 2 is 2.00 bits per heavy atom. The van der Waals surface area contributed by atoms with Gasteiger partial charge in [-0.2, -0.15) is 9.97 Å². The molecule has 3 atom stereocenters. The number of carbonyl (C=O) groups is 1. The minimum Gasteiger partial charge on any atom is -0.447 e. The Hall–Kier alpha value is -3.94. The maximum atomic E-state index is 12.7. The number of anilines is 2. The number of aromatic nitrogens is 4. The van der Waals surface area contributed by atoms with Crippen molar-refractivity contribution in [3.05, 3.63) is 42.4 Å². The van der Waals surface area contributed by atoms with Gasteiger partial charge in [0.1, 0.15) is 30.3 Å². The van der Waals surface area contributed by atoms with Crippen molar-refractivity contribution in [2.45, 2.75) is 38.4 Å². The SMILES string of the molecule is CC(Nc1nccc(N2C(=O)OCC2[C@@H](C)O)n1)c1nc(-c2ccccc2OC(F)(F)F)no1. The summed E-state index contributed by atoms with van der Waals surface area (Å²) in [5, 5.41) is 16.6. The molecule has 2 N–H and O–H groups in total. The molecule has 0 aliphatic carbocycles. The fraction of sp³-hybridized carbons (Fsp3) is 0.350. The zero-order valence-corrected chi connectivity index (χ0v) is 17.9. The Morgan fingerprint density at radius 3 is 2.74 bits per heavy atom. The molecule has 180 valence electrons. The number of aliphatic hydroxyl groups excluding tert-OH is 1. The van der Waals surface area contributed by atoms with Crippen molar-refractivity contribution in [3.63, 3.8) is 0 Å². The van der Waals surface area contributed by atoms with Gasteiger partial charge in [0.15, 0.2) is 0 Å². The molecule has 3 heterocycles. The highest BCUT2D eigenvalue weighted by molar-refractivity contribution is 5.89. The van der Waals surface area contributed by atoms with E-state index in [1.54, 1.807) is 6.92 Å². The molecule has 2 unspecified atom stereocenters. The van der Waals surface area contributed by atoms with Crippen LogP contribution in [0.15, 0.2) is 41.1 Å². The summed E-state index contributed by atoms with van der Waals surface area (Å²) in [7, 11) is 0. The molecule has 2 aromatic heterocycles. The lowest BCUT2D eigenvalue weighted by molar-refractivity contribution is -0.274. The van der Waals surface area contributed by atoms with Crippen LogP contribution in [-0.2, 0) is 4.74 Å². The van der Waals surface area contributed by atoms with Crippen molar-refractivity contribution >= 4 is 17.9 Å². The molecule has 0 bridgehead atoms. The van der Waals surface area contributed by atoms with Crippen LogP contribution in [0.2, 0.25) is 0 Å². The summed E-state index contributed by atoms with van der Waals surface area (Å²) in [4.78, 5) is 25.8. The van der Waals surface area contributed by atoms with Crippen LogP contribution >= 0.6 is 0 Å². The molecule has 0 saturated carbocycles. The molecule has 1 aliphatic rings. The van der Waals surface area contributed by atoms with Crippen LogP contribution in [0.3, 0.4) is 0 Å². The van der Waals surface area contributed by atoms with E-state index in [0.29, 0.717) is 0 Å². The predicted octanol–water partition coefficient (Wildman–Crippen LogP) is 3.30. The second-order valence-corrected chi connectivity index (χ2v) is 7.36. The number of carbonyl (C=O) groups excluding carboxylic acids is 1. The van der Waals surface area contributed by atoms with E-state index >= 15 is 0 Å². The highest BCUT2D eigenvalue weighted by atomic mass is 19.4. The number of para-hydroxylation sites is 1. The first kappa shape index (κ1) is 23.2. The van der Waals surface area contributed by atoms with Crippen LogP contribution in [-0.4, -0.2) is 56.4 Å². The lowest BCUT2D eigenvalue weighted by atomic mass is 10.2. The summed E-state index contributed by atoms with van der Waals surface area (Å²) < 4.78 is 52.3. The van der Waals surface area contributed by atoms with E-state index in [0.717, 1.165) is 6.07 Å². The average molecular weight is 480 g/mol. The van der Waals surface area contributed by atoms with Crippen LogP contribution < -0.4 is 15.0 Å². The van der Waals surface area contributed by atoms with Gasteiger partial charge >= 0.3 is 12.5 Å². The lowest BCUT2D eigenvalue weighted by Crippen LogP contribution is -2.41. The largest absolute Gasteiger partial charge is 0.573 e. The Balaban J connectivity index is 1.52. The van der Waals surface area contributed by atoms with E-state index < -0.39 is 36.4 Å². The lowest BCUT2D eigenvalue weighted by Gasteiger charge is -2.22. The first-order valence-corrected chi connectivity index (χ1v) is 10.0. The van der Waals surface area contributed by atoms with Crippen molar-refractivity contribution < 1.29 is 37.1 Å². The first-order valence-electron chi connectivity index (χ1n) is 10.0. The molecular weight excluding hydrogens is 461 g/mol. The molecular formula is C20H19F3N6O5. The minimum atomic E-state index is -4.88. The molecule has 34 heavy (non-hydrogen) atoms. The number of nitrogens with one attached hydrogen (secondary N) is 1. The number of ether oxygens (including phenoxy) is 2. The number of cyclic esters (lactones) is 1. The van der Waals surface area contributed by atoms with Crippen LogP contribution in [0.5, 0.6) is 5.75 Å². The van der Waals surface area contributed by atoms with Crippen molar-refractivity contribution in [3.8, 4) is 17.1 Å². The van der Waals surface area contributed by atoms with Gasteiger partial charge in [-0.3, -0.25) is 4.90 Å². The standard InChI is InChI=1S/C20H19F3N6O5/c1-10(17-27-16(28-34-17)12-5-3-4-6-14(12)33-20(21,22)23)25-18-24-8-7-15(26-18)29-13(11(2)30)9-32-19(29)31/h3-8,10-11,13,30H,9H2,1-2H3,(H,24,25,26)/t10?,11-,13?/m1/s1. The summed E-state index contributed by atoms with van der Waals surface area (Å²) in [6, 6.07) is 5.64. The Labute approximate surface area is 190 Å². The highest BCUT2D eigenvalue weighted by Gasteiger charge is 2.38. The van der Waals surface area contributed by atoms with Gasteiger partial charge in [0.05, 0.1) is 11.7 Å². The van der Waals surface area contributed by atoms with Gasteiger partial charge < -0.3 is 24.4 Å². The van der Waals surface area contributed by atoms with Gasteiger partial charge in [0.2, 0.25) is 17.7 Å². The van der Waals surface area contributed by atoms with Gasteiger partial charge in [0.25, 0.3) is 0 Å². The number of benzene rings is 1. The Kier molecular flexibility index (Phi) is 6.24. The highest BCUT2D eigenvalue weighted by Crippen LogP contribution is 2.33. The molecule has 0 radical (unpaired) electrons. The predicted molar refractivity (Wildman–Crippen MR) is 110 cm³/mol. The van der Waals surface area contributed by atoms with Crippen molar-refractivity contribution in [2.75, 3.05) is 16.8 Å². The number of aliphatic hydroxyl groups is 1. The third kappa shape index (κ3) is 5.01. The zero-order valence-electron chi connectivity index (χ0n) is 17.9. The van der Waals surface area contributed by atoms with Crippen LogP contribution in [0.25, 0.3) is 11.4 Å². The zero-order chi connectivity index (χ0) is 24.5. The molecule has 14 heteroatoms. The minimum absolute atomic E-state index is 0.00279. The van der Waals surface area contributed by atoms with Crippen molar-refractivity contribution in [1.29, 1.82) is 0 Å². The molecule has 0 spiro atoms. The van der Waals surface area contributed by atoms with E-state index in [1.807, 2.05) is 0 Å². The van der Waals surface area contributed by atoms with Crippen LogP contribution in [0.4, 0.5) is 29.7 Å². The van der Waals surface area contributed by atoms with Gasteiger partial charge in [0, 0.05) is 6.20 Å². The number of hydrogen-bond donors (Lipinski definition) is 2. The van der Waals surface area contributed by atoms with Crippen molar-refractivity contribution in [1.82, 2.24) is 20.1 Å². The Morgan fingerprint density at radius 1 is 1.24 bits per heavy atom. The normalized spacial score (nSPS) is 17.9. The van der Waals surface area contributed by atoms with E-state index in [1.165, 1.54) is 42.3 Å². The summed E-state index contributed by atoms with van der Waals surface area (Å²) in [5.74, 6) is -0.202. The molecule has 1 fully saturated rings. The Bertz CT molecular complexity index is 1170. The smallest absolute Gasteiger partial charge is 0.447 e. The van der Waals surface area contributed by atoms with E-state index in [4.69, 9.17) is 9.26 Å². The summed E-state index contributed by atoms with van der Waals surface area (Å²) >= 11 is 0.